The molecular weight excluding hydrogens is 228 g/mol. The van der Waals surface area contributed by atoms with Crippen LogP contribution in [0.2, 0.25) is 0 Å². The number of amidine groups is 1. The van der Waals surface area contributed by atoms with Gasteiger partial charge < -0.3 is 4.84 Å². The Morgan fingerprint density at radius 3 is 2.88 bits per heavy atom. The quantitative estimate of drug-likeness (QED) is 0.760. The summed E-state index contributed by atoms with van der Waals surface area (Å²) >= 11 is 5.80. The highest BCUT2D eigenvalue weighted by Gasteiger charge is 2.13. The van der Waals surface area contributed by atoms with Gasteiger partial charge in [0.2, 0.25) is 0 Å². The summed E-state index contributed by atoms with van der Waals surface area (Å²) in [6.45, 7) is 2.20. The fraction of sp³-hybridized carbons (Fsp3) is 0.182. The molecule has 1 aromatic carbocycles. The lowest BCUT2D eigenvalue weighted by atomic mass is 10.2. The molecule has 0 N–H and O–H groups in total. The van der Waals surface area contributed by atoms with E-state index in [1.165, 1.54) is 5.06 Å². The molecule has 1 aliphatic heterocycles. The second kappa shape index (κ2) is 5.01. The third-order valence-electron chi connectivity index (χ3n) is 1.96. The normalized spacial score (nSPS) is 15.2. The number of hydrogen-bond donors (Lipinski definition) is 0. The first-order valence-corrected chi connectivity index (χ1v) is 5.18. The minimum absolute atomic E-state index is 0.154. The van der Waals surface area contributed by atoms with Gasteiger partial charge in [0, 0.05) is 0 Å². The number of halogens is 1. The SMILES string of the molecule is CC1=CN(OCc2ccccc2)C(Cl)=NO1. The summed E-state index contributed by atoms with van der Waals surface area (Å²) in [5.74, 6) is 0.623. The van der Waals surface area contributed by atoms with E-state index in [0.717, 1.165) is 5.56 Å². The zero-order chi connectivity index (χ0) is 11.4. The summed E-state index contributed by atoms with van der Waals surface area (Å²) in [5, 5.41) is 5.16. The molecule has 4 nitrogen and oxygen atoms in total. The molecule has 0 unspecified atom stereocenters. The van der Waals surface area contributed by atoms with Crippen LogP contribution in [0.15, 0.2) is 47.4 Å². The first-order valence-electron chi connectivity index (χ1n) is 4.81. The third kappa shape index (κ3) is 2.74. The van der Waals surface area contributed by atoms with Gasteiger partial charge in [0.15, 0.2) is 5.76 Å². The van der Waals surface area contributed by atoms with Gasteiger partial charge in [-0.1, -0.05) is 30.3 Å². The van der Waals surface area contributed by atoms with Crippen LogP contribution in [0.4, 0.5) is 0 Å². The van der Waals surface area contributed by atoms with Crippen molar-refractivity contribution in [1.82, 2.24) is 5.06 Å². The average molecular weight is 239 g/mol. The van der Waals surface area contributed by atoms with E-state index in [1.54, 1.807) is 13.1 Å². The summed E-state index contributed by atoms with van der Waals surface area (Å²) in [4.78, 5) is 10.3. The Bertz CT molecular complexity index is 417. The molecule has 0 saturated heterocycles. The van der Waals surface area contributed by atoms with Crippen LogP contribution in [0.3, 0.4) is 0 Å². The first-order chi connectivity index (χ1) is 7.75. The Hall–Kier alpha value is -1.52. The molecule has 5 heteroatoms. The highest BCUT2D eigenvalue weighted by atomic mass is 35.5. The van der Waals surface area contributed by atoms with Crippen LogP contribution in [0, 0.1) is 0 Å². The Balaban J connectivity index is 1.95. The molecule has 0 saturated carbocycles. The molecule has 0 amide bonds. The summed E-state index contributed by atoms with van der Waals surface area (Å²) in [6, 6.07) is 9.81. The van der Waals surface area contributed by atoms with Crippen LogP contribution >= 0.6 is 11.6 Å². The Labute approximate surface area is 98.7 Å². The topological polar surface area (TPSA) is 34.1 Å². The van der Waals surface area contributed by atoms with Gasteiger partial charge in [0.05, 0.1) is 6.20 Å². The Kier molecular flexibility index (Phi) is 3.44. The number of allylic oxidation sites excluding steroid dienone is 1. The zero-order valence-corrected chi connectivity index (χ0v) is 9.52. The summed E-state index contributed by atoms with van der Waals surface area (Å²) < 4.78 is 0. The molecule has 16 heavy (non-hydrogen) atoms. The van der Waals surface area contributed by atoms with Crippen LogP contribution < -0.4 is 0 Å². The van der Waals surface area contributed by atoms with E-state index in [0.29, 0.717) is 12.4 Å². The smallest absolute Gasteiger partial charge is 0.265 e. The molecule has 1 heterocycles. The van der Waals surface area contributed by atoms with Crippen LogP contribution in [-0.2, 0) is 16.3 Å². The average Bonchev–Trinajstić information content (AvgIpc) is 2.32. The van der Waals surface area contributed by atoms with Crippen molar-refractivity contribution in [3.63, 3.8) is 0 Å². The van der Waals surface area contributed by atoms with Gasteiger partial charge in [-0.2, -0.15) is 5.06 Å². The minimum atomic E-state index is 0.154. The fourth-order valence-corrected chi connectivity index (χ4v) is 1.33. The first kappa shape index (κ1) is 11.0. The van der Waals surface area contributed by atoms with E-state index in [2.05, 4.69) is 5.16 Å². The van der Waals surface area contributed by atoms with Crippen molar-refractivity contribution in [3.05, 3.63) is 47.9 Å². The van der Waals surface area contributed by atoms with Gasteiger partial charge in [-0.15, -0.1) is 0 Å². The largest absolute Gasteiger partial charge is 0.357 e. The summed E-state index contributed by atoms with van der Waals surface area (Å²) in [7, 11) is 0. The highest BCUT2D eigenvalue weighted by Crippen LogP contribution is 2.13. The van der Waals surface area contributed by atoms with Crippen LogP contribution in [0.5, 0.6) is 0 Å². The molecule has 1 aromatic rings. The van der Waals surface area contributed by atoms with Crippen molar-refractivity contribution in [3.8, 4) is 0 Å². The lowest BCUT2D eigenvalue weighted by molar-refractivity contribution is -0.0811. The highest BCUT2D eigenvalue weighted by molar-refractivity contribution is 6.64. The molecule has 84 valence electrons. The predicted octanol–water partition coefficient (Wildman–Crippen LogP) is 2.82. The van der Waals surface area contributed by atoms with Gasteiger partial charge in [0.1, 0.15) is 6.61 Å². The van der Waals surface area contributed by atoms with Crippen molar-refractivity contribution < 1.29 is 9.68 Å². The molecule has 0 bridgehead atoms. The lowest BCUT2D eigenvalue weighted by Gasteiger charge is -2.20. The predicted molar refractivity (Wildman–Crippen MR) is 61.2 cm³/mol. The van der Waals surface area contributed by atoms with Crippen molar-refractivity contribution in [2.24, 2.45) is 5.16 Å². The molecule has 0 aromatic heterocycles. The molecule has 0 spiro atoms. The van der Waals surface area contributed by atoms with E-state index < -0.39 is 0 Å². The molecule has 2 rings (SSSR count). The monoisotopic (exact) mass is 238 g/mol. The lowest BCUT2D eigenvalue weighted by Crippen LogP contribution is -2.25. The number of hydroxylamine groups is 2. The van der Waals surface area contributed by atoms with Crippen molar-refractivity contribution >= 4 is 16.9 Å². The van der Waals surface area contributed by atoms with Crippen LogP contribution in [0.25, 0.3) is 0 Å². The Morgan fingerprint density at radius 1 is 1.38 bits per heavy atom. The zero-order valence-electron chi connectivity index (χ0n) is 8.76. The van der Waals surface area contributed by atoms with Crippen molar-refractivity contribution in [2.45, 2.75) is 13.5 Å². The molecule has 0 atom stereocenters. The van der Waals surface area contributed by atoms with Crippen molar-refractivity contribution in [1.29, 1.82) is 0 Å². The van der Waals surface area contributed by atoms with Crippen LogP contribution in [0.1, 0.15) is 12.5 Å². The molecule has 0 fully saturated rings. The maximum absolute atomic E-state index is 5.80. The van der Waals surface area contributed by atoms with Crippen molar-refractivity contribution in [2.75, 3.05) is 0 Å². The van der Waals surface area contributed by atoms with E-state index in [1.807, 2.05) is 30.3 Å². The Morgan fingerprint density at radius 2 is 2.12 bits per heavy atom. The summed E-state index contributed by atoms with van der Waals surface area (Å²) in [5.41, 5.74) is 1.06. The standard InChI is InChI=1S/C11H11ClN2O2/c1-9-7-14(11(12)13-16-9)15-8-10-5-3-2-4-6-10/h2-7H,8H2,1H3. The number of nitrogens with zero attached hydrogens (tertiary/aromatic N) is 2. The maximum Gasteiger partial charge on any atom is 0.265 e. The molecule has 1 aliphatic rings. The van der Waals surface area contributed by atoms with Gasteiger partial charge in [-0.3, -0.25) is 4.84 Å². The van der Waals surface area contributed by atoms with Gasteiger partial charge >= 0.3 is 0 Å². The summed E-state index contributed by atoms with van der Waals surface area (Å²) in [6.07, 6.45) is 1.64. The number of rotatable bonds is 3. The van der Waals surface area contributed by atoms with Gasteiger partial charge in [0.25, 0.3) is 5.29 Å². The third-order valence-corrected chi connectivity index (χ3v) is 2.19. The number of hydrogen-bond acceptors (Lipinski definition) is 4. The van der Waals surface area contributed by atoms with E-state index in [9.17, 15) is 0 Å². The second-order valence-corrected chi connectivity index (χ2v) is 3.61. The maximum atomic E-state index is 5.80. The van der Waals surface area contributed by atoms with E-state index >= 15 is 0 Å². The van der Waals surface area contributed by atoms with E-state index in [4.69, 9.17) is 21.3 Å². The molecule has 0 radical (unpaired) electrons. The van der Waals surface area contributed by atoms with Gasteiger partial charge in [-0.25, -0.2) is 0 Å². The number of benzene rings is 1. The second-order valence-electron chi connectivity index (χ2n) is 3.28. The van der Waals surface area contributed by atoms with Gasteiger partial charge in [-0.05, 0) is 29.2 Å². The number of oxime groups is 1. The van der Waals surface area contributed by atoms with Crippen LogP contribution in [-0.4, -0.2) is 10.4 Å². The molecule has 0 aliphatic carbocycles. The van der Waals surface area contributed by atoms with E-state index in [-0.39, 0.29) is 5.29 Å². The minimum Gasteiger partial charge on any atom is -0.357 e. The fourth-order valence-electron chi connectivity index (χ4n) is 1.20. The molecular formula is C11H11ClN2O2.